The van der Waals surface area contributed by atoms with E-state index in [0.29, 0.717) is 18.1 Å². The predicted molar refractivity (Wildman–Crippen MR) is 97.4 cm³/mol. The number of nitrogens with zero attached hydrogens (tertiary/aromatic N) is 2. The summed E-state index contributed by atoms with van der Waals surface area (Å²) in [5, 5.41) is 7.13. The Kier molecular flexibility index (Phi) is 4.03. The molecule has 3 saturated heterocycles. The van der Waals surface area contributed by atoms with Gasteiger partial charge in [0.15, 0.2) is 0 Å². The van der Waals surface area contributed by atoms with E-state index in [-0.39, 0.29) is 5.91 Å². The molecular formula is C20H28N4O. The van der Waals surface area contributed by atoms with E-state index >= 15 is 0 Å². The molecule has 1 aromatic rings. The zero-order valence-electron chi connectivity index (χ0n) is 14.8. The maximum Gasteiger partial charge on any atom is 0.254 e. The fraction of sp³-hybridized carbons (Fsp3) is 0.650. The van der Waals surface area contributed by atoms with Crippen LogP contribution in [-0.4, -0.2) is 60.0 Å². The molecule has 4 aliphatic heterocycles. The van der Waals surface area contributed by atoms with Crippen LogP contribution >= 0.6 is 0 Å². The maximum absolute atomic E-state index is 12.8. The van der Waals surface area contributed by atoms with Crippen LogP contribution in [0.25, 0.3) is 0 Å². The van der Waals surface area contributed by atoms with E-state index < -0.39 is 0 Å². The second kappa shape index (κ2) is 6.38. The topological polar surface area (TPSA) is 47.6 Å². The highest BCUT2D eigenvalue weighted by molar-refractivity contribution is 5.98. The Balaban J connectivity index is 1.29. The van der Waals surface area contributed by atoms with Crippen molar-refractivity contribution < 1.29 is 4.79 Å². The highest BCUT2D eigenvalue weighted by Gasteiger charge is 2.34. The smallest absolute Gasteiger partial charge is 0.254 e. The van der Waals surface area contributed by atoms with Gasteiger partial charge in [-0.3, -0.25) is 9.69 Å². The number of hydrogen-bond donors (Lipinski definition) is 2. The number of amides is 1. The van der Waals surface area contributed by atoms with Crippen LogP contribution in [0, 0.1) is 0 Å². The summed E-state index contributed by atoms with van der Waals surface area (Å²) in [4.78, 5) is 17.4. The average Bonchev–Trinajstić information content (AvgIpc) is 3.15. The molecule has 1 aromatic carbocycles. The van der Waals surface area contributed by atoms with Crippen molar-refractivity contribution in [1.82, 2.24) is 20.4 Å². The fourth-order valence-electron chi connectivity index (χ4n) is 5.16. The largest absolute Gasteiger partial charge is 0.330 e. The van der Waals surface area contributed by atoms with Gasteiger partial charge in [0.2, 0.25) is 0 Å². The van der Waals surface area contributed by atoms with Gasteiger partial charge in [-0.1, -0.05) is 12.1 Å². The highest BCUT2D eigenvalue weighted by atomic mass is 16.2. The van der Waals surface area contributed by atoms with Crippen molar-refractivity contribution in [3.63, 3.8) is 0 Å². The molecule has 3 atom stereocenters. The molecule has 0 aliphatic carbocycles. The van der Waals surface area contributed by atoms with E-state index in [1.807, 2.05) is 0 Å². The summed E-state index contributed by atoms with van der Waals surface area (Å²) in [6.07, 6.45) is 4.94. The molecule has 0 saturated carbocycles. The number of carbonyl (C=O) groups excluding carboxylic acids is 1. The zero-order chi connectivity index (χ0) is 16.8. The third-order valence-electron chi connectivity index (χ3n) is 6.41. The van der Waals surface area contributed by atoms with Gasteiger partial charge in [-0.25, -0.2) is 0 Å². The molecule has 4 aliphatic rings. The van der Waals surface area contributed by atoms with Gasteiger partial charge in [-0.2, -0.15) is 0 Å². The molecule has 0 aromatic heterocycles. The standard InChI is InChI=1S/C20H28N4O/c25-20-19-6-3-14(10-23-12-16-4-5-17(13-23)22-16)8-15(19)11-24(20)18-2-1-7-21-9-18/h3,6,8,16-18,21-22H,1-2,4-5,7,9-13H2. The number of fused-ring (bicyclic) bond motifs is 3. The molecule has 3 fully saturated rings. The lowest BCUT2D eigenvalue weighted by Gasteiger charge is -2.32. The summed E-state index contributed by atoms with van der Waals surface area (Å²) in [5.74, 6) is 0.232. The number of rotatable bonds is 3. The monoisotopic (exact) mass is 340 g/mol. The number of likely N-dealkylation sites (tertiary alicyclic amines) is 1. The Morgan fingerprint density at radius 2 is 1.96 bits per heavy atom. The first-order valence-electron chi connectivity index (χ1n) is 9.88. The molecule has 0 spiro atoms. The van der Waals surface area contributed by atoms with Crippen molar-refractivity contribution in [2.75, 3.05) is 26.2 Å². The normalized spacial score (nSPS) is 32.2. The van der Waals surface area contributed by atoms with E-state index in [1.165, 1.54) is 30.4 Å². The Morgan fingerprint density at radius 1 is 1.12 bits per heavy atom. The van der Waals surface area contributed by atoms with Gasteiger partial charge in [-0.15, -0.1) is 0 Å². The summed E-state index contributed by atoms with van der Waals surface area (Å²) in [6, 6.07) is 8.26. The summed E-state index contributed by atoms with van der Waals surface area (Å²) in [6.45, 7) is 6.15. The van der Waals surface area contributed by atoms with Gasteiger partial charge >= 0.3 is 0 Å². The third kappa shape index (κ3) is 2.98. The van der Waals surface area contributed by atoms with Gasteiger partial charge < -0.3 is 15.5 Å². The van der Waals surface area contributed by atoms with Crippen LogP contribution in [-0.2, 0) is 13.1 Å². The minimum Gasteiger partial charge on any atom is -0.330 e. The molecule has 3 unspecified atom stereocenters. The zero-order valence-corrected chi connectivity index (χ0v) is 14.8. The second-order valence-corrected chi connectivity index (χ2v) is 8.26. The lowest BCUT2D eigenvalue weighted by Crippen LogP contribution is -2.50. The Hall–Kier alpha value is -1.43. The molecule has 1 amide bonds. The first-order chi connectivity index (χ1) is 12.3. The fourth-order valence-corrected chi connectivity index (χ4v) is 5.16. The summed E-state index contributed by atoms with van der Waals surface area (Å²) in [7, 11) is 0. The molecular weight excluding hydrogens is 312 g/mol. The third-order valence-corrected chi connectivity index (χ3v) is 6.41. The number of piperazine rings is 1. The summed E-state index contributed by atoms with van der Waals surface area (Å²) >= 11 is 0. The van der Waals surface area contributed by atoms with Gasteiger partial charge in [0.25, 0.3) is 5.91 Å². The van der Waals surface area contributed by atoms with Gasteiger partial charge in [0.05, 0.1) is 0 Å². The predicted octanol–water partition coefficient (Wildman–Crippen LogP) is 1.33. The number of hydrogen-bond acceptors (Lipinski definition) is 4. The van der Waals surface area contributed by atoms with Crippen LogP contribution in [0.5, 0.6) is 0 Å². The molecule has 4 heterocycles. The Labute approximate surface area is 149 Å². The molecule has 5 heteroatoms. The van der Waals surface area contributed by atoms with Crippen LogP contribution in [0.15, 0.2) is 18.2 Å². The van der Waals surface area contributed by atoms with Crippen LogP contribution in [0.2, 0.25) is 0 Å². The molecule has 2 N–H and O–H groups in total. The molecule has 0 radical (unpaired) electrons. The van der Waals surface area contributed by atoms with Gasteiger partial charge in [-0.05, 0) is 49.4 Å². The number of benzene rings is 1. The van der Waals surface area contributed by atoms with Crippen molar-refractivity contribution in [1.29, 1.82) is 0 Å². The minimum atomic E-state index is 0.232. The lowest BCUT2D eigenvalue weighted by atomic mass is 10.1. The van der Waals surface area contributed by atoms with Crippen molar-refractivity contribution in [2.45, 2.75) is 56.9 Å². The van der Waals surface area contributed by atoms with Crippen LogP contribution in [0.4, 0.5) is 0 Å². The summed E-state index contributed by atoms with van der Waals surface area (Å²) < 4.78 is 0. The minimum absolute atomic E-state index is 0.232. The summed E-state index contributed by atoms with van der Waals surface area (Å²) in [5.41, 5.74) is 3.51. The van der Waals surface area contributed by atoms with Gasteiger partial charge in [0, 0.05) is 56.4 Å². The van der Waals surface area contributed by atoms with Crippen LogP contribution < -0.4 is 10.6 Å². The van der Waals surface area contributed by atoms with E-state index in [4.69, 9.17) is 0 Å². The average molecular weight is 340 g/mol. The maximum atomic E-state index is 12.8. The molecule has 134 valence electrons. The lowest BCUT2D eigenvalue weighted by molar-refractivity contribution is 0.0674. The Morgan fingerprint density at radius 3 is 2.72 bits per heavy atom. The number of piperidine rings is 1. The van der Waals surface area contributed by atoms with Crippen molar-refractivity contribution in [3.8, 4) is 0 Å². The molecule has 5 nitrogen and oxygen atoms in total. The van der Waals surface area contributed by atoms with E-state index in [0.717, 1.165) is 51.3 Å². The van der Waals surface area contributed by atoms with E-state index in [1.54, 1.807) is 0 Å². The SMILES string of the molecule is O=C1c2ccc(CN3CC4CCC(C3)N4)cc2CN1C1CCCNC1. The van der Waals surface area contributed by atoms with Gasteiger partial charge in [0.1, 0.15) is 0 Å². The molecule has 5 rings (SSSR count). The van der Waals surface area contributed by atoms with Crippen LogP contribution in [0.1, 0.15) is 47.2 Å². The first kappa shape index (κ1) is 15.8. The van der Waals surface area contributed by atoms with E-state index in [2.05, 4.69) is 38.6 Å². The first-order valence-corrected chi connectivity index (χ1v) is 9.88. The number of nitrogens with one attached hydrogen (secondary N) is 2. The Bertz CT molecular complexity index is 658. The van der Waals surface area contributed by atoms with Crippen molar-refractivity contribution in [2.24, 2.45) is 0 Å². The highest BCUT2D eigenvalue weighted by Crippen LogP contribution is 2.28. The van der Waals surface area contributed by atoms with E-state index in [9.17, 15) is 4.79 Å². The van der Waals surface area contributed by atoms with Crippen molar-refractivity contribution in [3.05, 3.63) is 34.9 Å². The second-order valence-electron chi connectivity index (χ2n) is 8.26. The van der Waals surface area contributed by atoms with Crippen molar-refractivity contribution >= 4 is 5.91 Å². The molecule has 25 heavy (non-hydrogen) atoms. The van der Waals surface area contributed by atoms with Crippen LogP contribution in [0.3, 0.4) is 0 Å². The quantitative estimate of drug-likeness (QED) is 0.872. The molecule has 2 bridgehead atoms. The number of carbonyl (C=O) groups is 1.